The van der Waals surface area contributed by atoms with E-state index in [2.05, 4.69) is 41.2 Å². The van der Waals surface area contributed by atoms with Gasteiger partial charge in [0.15, 0.2) is 5.65 Å². The van der Waals surface area contributed by atoms with Gasteiger partial charge in [0.25, 0.3) is 5.91 Å². The summed E-state index contributed by atoms with van der Waals surface area (Å²) < 4.78 is 1.64. The number of nitrogens with zero attached hydrogens (tertiary/aromatic N) is 4. The van der Waals surface area contributed by atoms with Gasteiger partial charge in [-0.1, -0.05) is 20.8 Å². The topological polar surface area (TPSA) is 72.2 Å². The fourth-order valence-electron chi connectivity index (χ4n) is 2.01. The van der Waals surface area contributed by atoms with Crippen LogP contribution in [0.4, 0.5) is 5.82 Å². The molecule has 3 heterocycles. The van der Waals surface area contributed by atoms with Crippen molar-refractivity contribution in [1.29, 1.82) is 0 Å². The van der Waals surface area contributed by atoms with Crippen LogP contribution in [0.15, 0.2) is 30.7 Å². The summed E-state index contributed by atoms with van der Waals surface area (Å²) in [6.45, 7) is 6.45. The predicted molar refractivity (Wildman–Crippen MR) is 86.2 cm³/mol. The van der Waals surface area contributed by atoms with Crippen LogP contribution >= 0.6 is 11.3 Å². The lowest BCUT2D eigenvalue weighted by Gasteiger charge is -2.15. The molecule has 6 nitrogen and oxygen atoms in total. The van der Waals surface area contributed by atoms with Gasteiger partial charge < -0.3 is 5.32 Å². The molecule has 1 N–H and O–H groups in total. The Morgan fingerprint density at radius 2 is 2.18 bits per heavy atom. The summed E-state index contributed by atoms with van der Waals surface area (Å²) in [7, 11) is 0. The highest BCUT2D eigenvalue weighted by Gasteiger charge is 2.17. The quantitative estimate of drug-likeness (QED) is 0.806. The molecule has 0 aliphatic rings. The van der Waals surface area contributed by atoms with Crippen molar-refractivity contribution in [2.45, 2.75) is 27.2 Å². The summed E-state index contributed by atoms with van der Waals surface area (Å²) in [6, 6.07) is 3.50. The Balaban J connectivity index is 1.73. The molecule has 114 valence electrons. The molecule has 0 spiro atoms. The monoisotopic (exact) mass is 315 g/mol. The Labute approximate surface area is 132 Å². The molecule has 3 aromatic rings. The summed E-state index contributed by atoms with van der Waals surface area (Å²) in [6.07, 6.45) is 5.90. The Hall–Kier alpha value is -2.28. The smallest absolute Gasteiger partial charge is 0.268 e. The van der Waals surface area contributed by atoms with Crippen molar-refractivity contribution in [2.75, 3.05) is 5.32 Å². The van der Waals surface area contributed by atoms with Gasteiger partial charge in [-0.3, -0.25) is 4.79 Å². The Morgan fingerprint density at radius 3 is 2.95 bits per heavy atom. The molecule has 22 heavy (non-hydrogen) atoms. The number of carbonyl (C=O) groups excluding carboxylic acids is 1. The van der Waals surface area contributed by atoms with Crippen LogP contribution in [0.3, 0.4) is 0 Å². The summed E-state index contributed by atoms with van der Waals surface area (Å²) in [5.41, 5.74) is 0.843. The highest BCUT2D eigenvalue weighted by Crippen LogP contribution is 2.24. The largest absolute Gasteiger partial charge is 0.306 e. The molecule has 0 aliphatic heterocycles. The van der Waals surface area contributed by atoms with Crippen LogP contribution in [-0.2, 0) is 6.42 Å². The second-order valence-corrected chi connectivity index (χ2v) is 7.37. The number of rotatable bonds is 3. The lowest BCUT2D eigenvalue weighted by atomic mass is 9.93. The van der Waals surface area contributed by atoms with Crippen molar-refractivity contribution in [2.24, 2.45) is 5.41 Å². The van der Waals surface area contributed by atoms with Crippen LogP contribution in [0.5, 0.6) is 0 Å². The minimum absolute atomic E-state index is 0.153. The second kappa shape index (κ2) is 5.49. The molecule has 0 fully saturated rings. The molecule has 0 aromatic carbocycles. The maximum absolute atomic E-state index is 12.3. The number of fused-ring (bicyclic) bond motifs is 1. The molecule has 3 aromatic heterocycles. The van der Waals surface area contributed by atoms with E-state index in [-0.39, 0.29) is 11.3 Å². The zero-order valence-electron chi connectivity index (χ0n) is 12.7. The fourth-order valence-corrected chi connectivity index (χ4v) is 3.12. The van der Waals surface area contributed by atoms with Gasteiger partial charge >= 0.3 is 0 Å². The summed E-state index contributed by atoms with van der Waals surface area (Å²) in [4.78, 5) is 21.5. The molecule has 0 saturated carbocycles. The zero-order chi connectivity index (χ0) is 15.7. The van der Waals surface area contributed by atoms with Crippen molar-refractivity contribution in [3.63, 3.8) is 0 Å². The fraction of sp³-hybridized carbons (Fsp3) is 0.333. The van der Waals surface area contributed by atoms with Crippen molar-refractivity contribution in [3.05, 3.63) is 40.6 Å². The first-order chi connectivity index (χ1) is 10.4. The van der Waals surface area contributed by atoms with Crippen molar-refractivity contribution in [1.82, 2.24) is 19.6 Å². The van der Waals surface area contributed by atoms with E-state index in [1.165, 1.54) is 11.3 Å². The van der Waals surface area contributed by atoms with E-state index in [9.17, 15) is 4.79 Å². The van der Waals surface area contributed by atoms with E-state index in [4.69, 9.17) is 0 Å². The van der Waals surface area contributed by atoms with Gasteiger partial charge in [-0.05, 0) is 11.5 Å². The van der Waals surface area contributed by atoms with Gasteiger partial charge in [0, 0.05) is 18.7 Å². The Bertz CT molecular complexity index is 815. The maximum Gasteiger partial charge on any atom is 0.268 e. The lowest BCUT2D eigenvalue weighted by molar-refractivity contribution is 0.103. The number of hydrogen-bond donors (Lipinski definition) is 1. The Morgan fingerprint density at radius 1 is 1.36 bits per heavy atom. The molecule has 0 saturated heterocycles. The molecule has 3 rings (SSSR count). The second-order valence-electron chi connectivity index (χ2n) is 6.26. The average Bonchev–Trinajstić information content (AvgIpc) is 3.05. The van der Waals surface area contributed by atoms with Gasteiger partial charge in [0.05, 0.1) is 17.4 Å². The average molecular weight is 315 g/mol. The Kier molecular flexibility index (Phi) is 3.66. The number of aromatic nitrogens is 4. The van der Waals surface area contributed by atoms with Crippen LogP contribution in [-0.4, -0.2) is 25.5 Å². The maximum atomic E-state index is 12.3. The van der Waals surface area contributed by atoms with Crippen LogP contribution in [0.1, 0.15) is 35.5 Å². The van der Waals surface area contributed by atoms with E-state index in [1.54, 1.807) is 35.2 Å². The van der Waals surface area contributed by atoms with Crippen molar-refractivity contribution >= 4 is 28.7 Å². The molecular weight excluding hydrogens is 298 g/mol. The van der Waals surface area contributed by atoms with Gasteiger partial charge in [0.1, 0.15) is 10.7 Å². The lowest BCUT2D eigenvalue weighted by Crippen LogP contribution is -2.12. The van der Waals surface area contributed by atoms with Gasteiger partial charge in [-0.15, -0.1) is 11.3 Å². The summed E-state index contributed by atoms with van der Waals surface area (Å²) in [5.74, 6) is 0.317. The molecule has 1 amide bonds. The van der Waals surface area contributed by atoms with E-state index < -0.39 is 0 Å². The number of thiazole rings is 1. The number of nitrogens with one attached hydrogen (secondary N) is 1. The standard InChI is InChI=1S/C15H17N5OS/c1-15(2,3)8-13-16-9-10(22-13)14(21)19-11-5-7-20-12(18-11)4-6-17-20/h4-7,9H,8H2,1-3H3,(H,18,19,21). The molecular formula is C15H17N5OS. The van der Waals surface area contributed by atoms with Gasteiger partial charge in [-0.25, -0.2) is 14.5 Å². The van der Waals surface area contributed by atoms with E-state index in [0.29, 0.717) is 16.3 Å². The first kappa shape index (κ1) is 14.6. The molecule has 0 unspecified atom stereocenters. The first-order valence-corrected chi connectivity index (χ1v) is 7.79. The van der Waals surface area contributed by atoms with Gasteiger partial charge in [0.2, 0.25) is 0 Å². The van der Waals surface area contributed by atoms with Crippen LogP contribution in [0.25, 0.3) is 5.65 Å². The first-order valence-electron chi connectivity index (χ1n) is 6.97. The summed E-state index contributed by atoms with van der Waals surface area (Å²) in [5, 5.41) is 7.83. The molecule has 0 aliphatic carbocycles. The highest BCUT2D eigenvalue weighted by molar-refractivity contribution is 7.13. The van der Waals surface area contributed by atoms with Gasteiger partial charge in [-0.2, -0.15) is 5.10 Å². The molecule has 0 atom stereocenters. The number of amides is 1. The molecule has 0 radical (unpaired) electrons. The summed E-state index contributed by atoms with van der Waals surface area (Å²) >= 11 is 1.42. The third-order valence-corrected chi connectivity index (χ3v) is 3.95. The molecule has 7 heteroatoms. The van der Waals surface area contributed by atoms with E-state index in [0.717, 1.165) is 11.4 Å². The third-order valence-electron chi connectivity index (χ3n) is 2.96. The SMILES string of the molecule is CC(C)(C)Cc1ncc(C(=O)Nc2ccn3nccc3n2)s1. The normalized spacial score (nSPS) is 11.8. The number of hydrogen-bond acceptors (Lipinski definition) is 5. The third kappa shape index (κ3) is 3.30. The number of carbonyl (C=O) groups is 1. The van der Waals surface area contributed by atoms with Crippen LogP contribution in [0.2, 0.25) is 0 Å². The van der Waals surface area contributed by atoms with Crippen LogP contribution in [0, 0.1) is 5.41 Å². The van der Waals surface area contributed by atoms with Crippen LogP contribution < -0.4 is 5.32 Å². The number of anilines is 1. The molecule has 0 bridgehead atoms. The zero-order valence-corrected chi connectivity index (χ0v) is 13.5. The van der Waals surface area contributed by atoms with Crippen molar-refractivity contribution < 1.29 is 4.79 Å². The van der Waals surface area contributed by atoms with Crippen molar-refractivity contribution in [3.8, 4) is 0 Å². The van der Waals surface area contributed by atoms with E-state index >= 15 is 0 Å². The minimum Gasteiger partial charge on any atom is -0.306 e. The predicted octanol–water partition coefficient (Wildman–Crippen LogP) is 3.03. The van der Waals surface area contributed by atoms with E-state index in [1.807, 2.05) is 0 Å². The highest BCUT2D eigenvalue weighted by atomic mass is 32.1. The minimum atomic E-state index is -0.186.